The van der Waals surface area contributed by atoms with Crippen LogP contribution in [0.5, 0.6) is 0 Å². The van der Waals surface area contributed by atoms with Gasteiger partial charge < -0.3 is 5.32 Å². The summed E-state index contributed by atoms with van der Waals surface area (Å²) in [4.78, 5) is 29.4. The summed E-state index contributed by atoms with van der Waals surface area (Å²) in [6.45, 7) is 3.37. The van der Waals surface area contributed by atoms with E-state index in [1.165, 1.54) is 11.8 Å². The van der Waals surface area contributed by atoms with Gasteiger partial charge in [0.25, 0.3) is 0 Å². The molecule has 134 valence electrons. The number of urea groups is 1. The molecular formula is C18H20N6O2. The Morgan fingerprint density at radius 2 is 1.96 bits per heavy atom. The second-order valence-corrected chi connectivity index (χ2v) is 5.97. The molecule has 0 bridgehead atoms. The van der Waals surface area contributed by atoms with Crippen LogP contribution >= 0.6 is 0 Å². The van der Waals surface area contributed by atoms with Crippen LogP contribution in [0.4, 0.5) is 16.4 Å². The van der Waals surface area contributed by atoms with E-state index in [9.17, 15) is 9.59 Å². The van der Waals surface area contributed by atoms with Gasteiger partial charge in [0, 0.05) is 26.2 Å². The van der Waals surface area contributed by atoms with Crippen molar-refractivity contribution in [3.8, 4) is 0 Å². The zero-order valence-corrected chi connectivity index (χ0v) is 14.8. The Bertz CT molecular complexity index is 937. The largest absolute Gasteiger partial charge is 0.331 e. The van der Waals surface area contributed by atoms with Crippen LogP contribution < -0.4 is 15.5 Å². The zero-order valence-electron chi connectivity index (χ0n) is 14.8. The number of carbonyl (C=O) groups is 2. The lowest BCUT2D eigenvalue weighted by atomic mass is 10.1. The third-order valence-electron chi connectivity index (χ3n) is 4.11. The van der Waals surface area contributed by atoms with Crippen molar-refractivity contribution in [1.82, 2.24) is 20.5 Å². The zero-order chi connectivity index (χ0) is 18.7. The number of hydrogen-bond acceptors (Lipinski definition) is 4. The molecule has 2 heterocycles. The topological polar surface area (TPSA) is 103 Å². The van der Waals surface area contributed by atoms with Crippen molar-refractivity contribution in [2.24, 2.45) is 0 Å². The van der Waals surface area contributed by atoms with Crippen molar-refractivity contribution in [1.29, 1.82) is 0 Å². The molecule has 8 heteroatoms. The average Bonchev–Trinajstić information content (AvgIpc) is 3.04. The van der Waals surface area contributed by atoms with Crippen LogP contribution in [-0.2, 0) is 4.79 Å². The molecule has 0 aliphatic rings. The Morgan fingerprint density at radius 3 is 2.65 bits per heavy atom. The smallest absolute Gasteiger partial charge is 0.320 e. The Labute approximate surface area is 150 Å². The molecule has 0 aliphatic heterocycles. The van der Waals surface area contributed by atoms with Crippen molar-refractivity contribution in [3.05, 3.63) is 48.2 Å². The first-order valence-corrected chi connectivity index (χ1v) is 8.16. The molecule has 3 rings (SSSR count). The minimum absolute atomic E-state index is 0.130. The van der Waals surface area contributed by atoms with Crippen molar-refractivity contribution in [3.63, 3.8) is 0 Å². The first-order valence-electron chi connectivity index (χ1n) is 8.16. The fourth-order valence-electron chi connectivity index (χ4n) is 2.55. The van der Waals surface area contributed by atoms with Crippen molar-refractivity contribution in [2.45, 2.75) is 19.9 Å². The number of carbonyl (C=O) groups excluding carboxylic acids is 2. The predicted octanol–water partition coefficient (Wildman–Crippen LogP) is 2.82. The SMILES string of the molecule is CC(=O)N(C)c1n[nH]c2cc(NC(=O)NC(C)c3ccccc3)ncc12. The van der Waals surface area contributed by atoms with E-state index in [1.54, 1.807) is 19.3 Å². The van der Waals surface area contributed by atoms with Gasteiger partial charge in [-0.05, 0) is 12.5 Å². The lowest BCUT2D eigenvalue weighted by Crippen LogP contribution is -2.31. The number of nitrogens with zero attached hydrogens (tertiary/aromatic N) is 3. The molecule has 8 nitrogen and oxygen atoms in total. The number of fused-ring (bicyclic) bond motifs is 1. The number of H-pyrrole nitrogens is 1. The molecule has 0 radical (unpaired) electrons. The van der Waals surface area contributed by atoms with E-state index in [4.69, 9.17) is 0 Å². The van der Waals surface area contributed by atoms with Crippen LogP contribution in [-0.4, -0.2) is 34.2 Å². The first-order chi connectivity index (χ1) is 12.5. The first kappa shape index (κ1) is 17.4. The second kappa shape index (κ2) is 7.22. The van der Waals surface area contributed by atoms with Gasteiger partial charge in [-0.15, -0.1) is 0 Å². The molecule has 0 saturated carbocycles. The van der Waals surface area contributed by atoms with Gasteiger partial charge in [-0.1, -0.05) is 30.3 Å². The third kappa shape index (κ3) is 3.64. The molecule has 0 spiro atoms. The summed E-state index contributed by atoms with van der Waals surface area (Å²) in [6.07, 6.45) is 1.57. The molecule has 1 unspecified atom stereocenters. The van der Waals surface area contributed by atoms with Gasteiger partial charge in [0.15, 0.2) is 5.82 Å². The number of amides is 3. The van der Waals surface area contributed by atoms with E-state index >= 15 is 0 Å². The van der Waals surface area contributed by atoms with Gasteiger partial charge in [-0.2, -0.15) is 5.10 Å². The van der Waals surface area contributed by atoms with Gasteiger partial charge in [0.1, 0.15) is 5.82 Å². The van der Waals surface area contributed by atoms with Crippen molar-refractivity contribution < 1.29 is 9.59 Å². The van der Waals surface area contributed by atoms with Crippen molar-refractivity contribution >= 4 is 34.5 Å². The number of anilines is 2. The van der Waals surface area contributed by atoms with Crippen LogP contribution in [0.1, 0.15) is 25.5 Å². The van der Waals surface area contributed by atoms with Gasteiger partial charge in [0.2, 0.25) is 5.91 Å². The summed E-state index contributed by atoms with van der Waals surface area (Å²) in [5.41, 5.74) is 1.69. The molecule has 1 atom stereocenters. The Kier molecular flexibility index (Phi) is 4.83. The fourth-order valence-corrected chi connectivity index (χ4v) is 2.55. The molecule has 0 fully saturated rings. The molecular weight excluding hydrogens is 332 g/mol. The number of aromatic nitrogens is 3. The molecule has 0 saturated heterocycles. The van der Waals surface area contributed by atoms with E-state index in [0.717, 1.165) is 5.56 Å². The van der Waals surface area contributed by atoms with E-state index in [-0.39, 0.29) is 18.0 Å². The molecule has 2 aromatic heterocycles. The van der Waals surface area contributed by atoms with Gasteiger partial charge >= 0.3 is 6.03 Å². The van der Waals surface area contributed by atoms with E-state index in [1.807, 2.05) is 37.3 Å². The Hall–Kier alpha value is -3.42. The summed E-state index contributed by atoms with van der Waals surface area (Å²) in [5, 5.41) is 13.3. The van der Waals surface area contributed by atoms with Crippen LogP contribution in [0.3, 0.4) is 0 Å². The minimum Gasteiger partial charge on any atom is -0.331 e. The normalized spacial score (nSPS) is 11.8. The molecule has 0 aliphatic carbocycles. The summed E-state index contributed by atoms with van der Waals surface area (Å²) in [6, 6.07) is 10.9. The van der Waals surface area contributed by atoms with E-state index in [2.05, 4.69) is 25.8 Å². The molecule has 3 amide bonds. The maximum absolute atomic E-state index is 12.2. The minimum atomic E-state index is -0.353. The second-order valence-electron chi connectivity index (χ2n) is 5.97. The fraction of sp³-hybridized carbons (Fsp3) is 0.222. The number of nitrogens with one attached hydrogen (secondary N) is 3. The molecule has 26 heavy (non-hydrogen) atoms. The summed E-state index contributed by atoms with van der Waals surface area (Å²) >= 11 is 0. The number of aromatic amines is 1. The predicted molar refractivity (Wildman–Crippen MR) is 100.0 cm³/mol. The van der Waals surface area contributed by atoms with Crippen molar-refractivity contribution in [2.75, 3.05) is 17.3 Å². The number of hydrogen-bond donors (Lipinski definition) is 3. The van der Waals surface area contributed by atoms with E-state index in [0.29, 0.717) is 22.5 Å². The lowest BCUT2D eigenvalue weighted by Gasteiger charge is -2.14. The van der Waals surface area contributed by atoms with Crippen LogP contribution in [0.25, 0.3) is 10.9 Å². The highest BCUT2D eigenvalue weighted by molar-refractivity contribution is 6.00. The third-order valence-corrected chi connectivity index (χ3v) is 4.11. The average molecular weight is 352 g/mol. The van der Waals surface area contributed by atoms with Crippen LogP contribution in [0, 0.1) is 0 Å². The molecule has 3 aromatic rings. The summed E-state index contributed by atoms with van der Waals surface area (Å²) in [5.74, 6) is 0.750. The van der Waals surface area contributed by atoms with E-state index < -0.39 is 0 Å². The highest BCUT2D eigenvalue weighted by Gasteiger charge is 2.15. The highest BCUT2D eigenvalue weighted by atomic mass is 16.2. The molecule has 1 aromatic carbocycles. The Morgan fingerprint density at radius 1 is 1.23 bits per heavy atom. The summed E-state index contributed by atoms with van der Waals surface area (Å²) in [7, 11) is 1.64. The Balaban J connectivity index is 1.71. The van der Waals surface area contributed by atoms with Crippen LogP contribution in [0.15, 0.2) is 42.6 Å². The van der Waals surface area contributed by atoms with Gasteiger partial charge in [-0.3, -0.25) is 20.1 Å². The van der Waals surface area contributed by atoms with Gasteiger partial charge in [-0.25, -0.2) is 9.78 Å². The summed E-state index contributed by atoms with van der Waals surface area (Å²) < 4.78 is 0. The monoisotopic (exact) mass is 352 g/mol. The lowest BCUT2D eigenvalue weighted by molar-refractivity contribution is -0.116. The maximum Gasteiger partial charge on any atom is 0.320 e. The quantitative estimate of drug-likeness (QED) is 0.672. The standard InChI is InChI=1S/C18H20N6O2/c1-11(13-7-5-4-6-8-13)20-18(26)21-16-9-15-14(10-19-16)17(23-22-15)24(3)12(2)25/h4-11H,1-3H3,(H,22,23)(H2,19,20,21,26). The van der Waals surface area contributed by atoms with Gasteiger partial charge in [0.05, 0.1) is 16.9 Å². The maximum atomic E-state index is 12.2. The number of rotatable bonds is 4. The number of pyridine rings is 1. The number of benzene rings is 1. The molecule has 3 N–H and O–H groups in total. The highest BCUT2D eigenvalue weighted by Crippen LogP contribution is 2.24. The van der Waals surface area contributed by atoms with Crippen LogP contribution in [0.2, 0.25) is 0 Å².